The maximum absolute atomic E-state index is 12.7. The van der Waals surface area contributed by atoms with Gasteiger partial charge >= 0.3 is 5.97 Å². The minimum atomic E-state index is -3.94. The standard InChI is InChI=1S/C14H14N2O5S2/c1-3-21-12(18)11-13(22-14(16-11)15-9(2)17)23(19,20)10-7-5-4-6-8-10/h4-8H,3H2,1-2H3,(H,15,16,17). The van der Waals surface area contributed by atoms with E-state index in [0.29, 0.717) is 11.3 Å². The largest absolute Gasteiger partial charge is 0.461 e. The predicted octanol–water partition coefficient (Wildman–Crippen LogP) is 2.11. The Hall–Kier alpha value is -2.26. The Morgan fingerprint density at radius 1 is 1.26 bits per heavy atom. The summed E-state index contributed by atoms with van der Waals surface area (Å²) in [6.45, 7) is 2.94. The number of carbonyl (C=O) groups is 2. The molecule has 0 aliphatic carbocycles. The van der Waals surface area contributed by atoms with E-state index in [9.17, 15) is 18.0 Å². The molecule has 2 rings (SSSR count). The topological polar surface area (TPSA) is 102 Å². The first-order valence-electron chi connectivity index (χ1n) is 6.62. The number of hydrogen-bond donors (Lipinski definition) is 1. The molecule has 1 heterocycles. The van der Waals surface area contributed by atoms with Crippen LogP contribution in [0.25, 0.3) is 0 Å². The number of amides is 1. The first kappa shape index (κ1) is 17.1. The van der Waals surface area contributed by atoms with Crippen LogP contribution in [0.3, 0.4) is 0 Å². The quantitative estimate of drug-likeness (QED) is 0.825. The third-order valence-electron chi connectivity index (χ3n) is 2.65. The van der Waals surface area contributed by atoms with Gasteiger partial charge in [0.1, 0.15) is 0 Å². The van der Waals surface area contributed by atoms with Gasteiger partial charge in [0.25, 0.3) is 0 Å². The summed E-state index contributed by atoms with van der Waals surface area (Å²) in [6.07, 6.45) is 0. The number of hydrogen-bond acceptors (Lipinski definition) is 7. The summed E-state index contributed by atoms with van der Waals surface area (Å²) in [5.74, 6) is -1.27. The molecule has 0 aliphatic rings. The van der Waals surface area contributed by atoms with Crippen molar-refractivity contribution >= 4 is 38.2 Å². The van der Waals surface area contributed by atoms with E-state index in [4.69, 9.17) is 4.74 Å². The van der Waals surface area contributed by atoms with Gasteiger partial charge in [-0.2, -0.15) is 0 Å². The second-order valence-electron chi connectivity index (χ2n) is 4.37. The van der Waals surface area contributed by atoms with Crippen LogP contribution in [0.15, 0.2) is 39.4 Å². The van der Waals surface area contributed by atoms with Gasteiger partial charge in [-0.25, -0.2) is 18.2 Å². The van der Waals surface area contributed by atoms with Gasteiger partial charge in [0.15, 0.2) is 15.0 Å². The summed E-state index contributed by atoms with van der Waals surface area (Å²) in [5, 5.41) is 2.41. The van der Waals surface area contributed by atoms with Gasteiger partial charge in [-0.3, -0.25) is 4.79 Å². The lowest BCUT2D eigenvalue weighted by molar-refractivity contribution is -0.114. The fourth-order valence-electron chi connectivity index (χ4n) is 1.73. The Labute approximate surface area is 137 Å². The number of esters is 1. The van der Waals surface area contributed by atoms with Crippen molar-refractivity contribution in [1.29, 1.82) is 0 Å². The molecule has 0 fully saturated rings. The number of nitrogens with zero attached hydrogens (tertiary/aromatic N) is 1. The van der Waals surface area contributed by atoms with Crippen LogP contribution in [-0.4, -0.2) is 31.9 Å². The van der Waals surface area contributed by atoms with Gasteiger partial charge in [0.2, 0.25) is 15.7 Å². The highest BCUT2D eigenvalue weighted by Gasteiger charge is 2.30. The molecule has 0 saturated heterocycles. The summed E-state index contributed by atoms with van der Waals surface area (Å²) >= 11 is 0.712. The zero-order valence-corrected chi connectivity index (χ0v) is 14.0. The minimum absolute atomic E-state index is 0.0232. The first-order valence-corrected chi connectivity index (χ1v) is 8.92. The number of aromatic nitrogens is 1. The Kier molecular flexibility index (Phi) is 5.12. The van der Waals surface area contributed by atoms with Gasteiger partial charge in [0, 0.05) is 6.92 Å². The maximum Gasteiger partial charge on any atom is 0.359 e. The lowest BCUT2D eigenvalue weighted by atomic mass is 10.4. The van der Waals surface area contributed by atoms with Crippen molar-refractivity contribution in [3.8, 4) is 0 Å². The summed E-state index contributed by atoms with van der Waals surface area (Å²) in [6, 6.07) is 7.67. The summed E-state index contributed by atoms with van der Waals surface area (Å²) in [5.41, 5.74) is -0.329. The maximum atomic E-state index is 12.7. The third-order valence-corrected chi connectivity index (χ3v) is 5.89. The van der Waals surface area contributed by atoms with Gasteiger partial charge in [0.05, 0.1) is 11.5 Å². The monoisotopic (exact) mass is 354 g/mol. The van der Waals surface area contributed by atoms with Crippen LogP contribution in [0.4, 0.5) is 5.13 Å². The second-order valence-corrected chi connectivity index (χ2v) is 7.52. The van der Waals surface area contributed by atoms with E-state index in [1.807, 2.05) is 0 Å². The molecular formula is C14H14N2O5S2. The molecule has 23 heavy (non-hydrogen) atoms. The molecule has 9 heteroatoms. The number of sulfone groups is 1. The van der Waals surface area contributed by atoms with Gasteiger partial charge < -0.3 is 10.1 Å². The molecule has 0 spiro atoms. The molecule has 0 bridgehead atoms. The molecule has 2 aromatic rings. The lowest BCUT2D eigenvalue weighted by Crippen LogP contribution is -2.11. The molecule has 0 radical (unpaired) electrons. The first-order chi connectivity index (χ1) is 10.9. The molecule has 0 saturated carbocycles. The highest BCUT2D eigenvalue weighted by molar-refractivity contribution is 7.93. The Morgan fingerprint density at radius 3 is 2.48 bits per heavy atom. The smallest absolute Gasteiger partial charge is 0.359 e. The number of carbonyl (C=O) groups excluding carboxylic acids is 2. The number of ether oxygens (including phenoxy) is 1. The summed E-state index contributed by atoms with van der Waals surface area (Å²) in [7, 11) is -3.94. The van der Waals surface area contributed by atoms with E-state index in [1.54, 1.807) is 25.1 Å². The van der Waals surface area contributed by atoms with E-state index in [-0.39, 0.29) is 26.5 Å². The molecular weight excluding hydrogens is 340 g/mol. The van der Waals surface area contributed by atoms with Crippen LogP contribution in [0.1, 0.15) is 24.3 Å². The van der Waals surface area contributed by atoms with Crippen LogP contribution in [0.2, 0.25) is 0 Å². The molecule has 1 N–H and O–H groups in total. The molecule has 1 amide bonds. The number of nitrogens with one attached hydrogen (secondary N) is 1. The van der Waals surface area contributed by atoms with Crippen molar-refractivity contribution in [3.05, 3.63) is 36.0 Å². The molecule has 0 aliphatic heterocycles. The molecule has 122 valence electrons. The van der Waals surface area contributed by atoms with Crippen LogP contribution >= 0.6 is 11.3 Å². The average molecular weight is 354 g/mol. The van der Waals surface area contributed by atoms with Crippen LogP contribution in [0.5, 0.6) is 0 Å². The Balaban J connectivity index is 2.57. The third kappa shape index (κ3) is 3.74. The fraction of sp³-hybridized carbons (Fsp3) is 0.214. The van der Waals surface area contributed by atoms with E-state index in [0.717, 1.165) is 0 Å². The molecule has 1 aromatic heterocycles. The fourth-order valence-corrected chi connectivity index (χ4v) is 4.54. The number of rotatable bonds is 5. The number of benzene rings is 1. The van der Waals surface area contributed by atoms with Crippen molar-refractivity contribution in [1.82, 2.24) is 4.98 Å². The van der Waals surface area contributed by atoms with Gasteiger partial charge in [-0.1, -0.05) is 29.5 Å². The molecule has 0 unspecified atom stereocenters. The van der Waals surface area contributed by atoms with E-state index in [1.165, 1.54) is 19.1 Å². The lowest BCUT2D eigenvalue weighted by Gasteiger charge is -2.04. The van der Waals surface area contributed by atoms with E-state index >= 15 is 0 Å². The average Bonchev–Trinajstić information content (AvgIpc) is 2.92. The molecule has 1 aromatic carbocycles. The predicted molar refractivity (Wildman–Crippen MR) is 84.3 cm³/mol. The zero-order chi connectivity index (χ0) is 17.0. The van der Waals surface area contributed by atoms with Crippen molar-refractivity contribution in [2.45, 2.75) is 23.0 Å². The van der Waals surface area contributed by atoms with E-state index < -0.39 is 21.7 Å². The second kappa shape index (κ2) is 6.88. The highest BCUT2D eigenvalue weighted by Crippen LogP contribution is 2.32. The van der Waals surface area contributed by atoms with Crippen molar-refractivity contribution in [3.63, 3.8) is 0 Å². The van der Waals surface area contributed by atoms with Crippen molar-refractivity contribution in [2.24, 2.45) is 0 Å². The van der Waals surface area contributed by atoms with Crippen molar-refractivity contribution < 1.29 is 22.7 Å². The van der Waals surface area contributed by atoms with Crippen LogP contribution < -0.4 is 5.32 Å². The normalized spacial score (nSPS) is 11.0. The Morgan fingerprint density at radius 2 is 1.91 bits per heavy atom. The number of anilines is 1. The highest BCUT2D eigenvalue weighted by atomic mass is 32.2. The Bertz CT molecular complexity index is 828. The molecule has 0 atom stereocenters. The van der Waals surface area contributed by atoms with Gasteiger partial charge in [-0.05, 0) is 19.1 Å². The van der Waals surface area contributed by atoms with Crippen LogP contribution in [-0.2, 0) is 19.4 Å². The SMILES string of the molecule is CCOC(=O)c1nc(NC(C)=O)sc1S(=O)(=O)c1ccccc1. The van der Waals surface area contributed by atoms with E-state index in [2.05, 4.69) is 10.3 Å². The van der Waals surface area contributed by atoms with Gasteiger partial charge in [-0.15, -0.1) is 0 Å². The zero-order valence-electron chi connectivity index (χ0n) is 12.4. The summed E-state index contributed by atoms with van der Waals surface area (Å²) in [4.78, 5) is 27.1. The summed E-state index contributed by atoms with van der Waals surface area (Å²) < 4.78 is 30.0. The minimum Gasteiger partial charge on any atom is -0.461 e. The van der Waals surface area contributed by atoms with Crippen molar-refractivity contribution in [2.75, 3.05) is 11.9 Å². The number of thiazole rings is 1. The van der Waals surface area contributed by atoms with Crippen LogP contribution in [0, 0.1) is 0 Å². The molecule has 7 nitrogen and oxygen atoms in total.